The normalized spacial score (nSPS) is 30.7. The molecule has 0 atom stereocenters. The molecule has 54 valence electrons. The lowest BCUT2D eigenvalue weighted by molar-refractivity contribution is -0.329. The highest BCUT2D eigenvalue weighted by molar-refractivity contribution is 4.69. The molecule has 5 heteroatoms. The number of halogens is 4. The van der Waals surface area contributed by atoms with E-state index in [2.05, 4.69) is 4.74 Å². The molecule has 0 aromatic heterocycles. The largest absolute Gasteiger partial charge is 0.360 e. The highest BCUT2D eigenvalue weighted by Gasteiger charge is 2.52. The lowest BCUT2D eigenvalue weighted by Crippen LogP contribution is -2.20. The van der Waals surface area contributed by atoms with Crippen LogP contribution in [-0.2, 0) is 4.74 Å². The van der Waals surface area contributed by atoms with Gasteiger partial charge in [-0.3, -0.25) is 4.74 Å². The fourth-order valence-corrected chi connectivity index (χ4v) is 0.612. The molecular weight excluding hydrogens is 140 g/mol. The maximum atomic E-state index is 11.7. The Hall–Kier alpha value is -0.320. The number of ether oxygens (including phenoxy) is 1. The van der Waals surface area contributed by atoms with Crippen molar-refractivity contribution >= 4 is 0 Å². The number of rotatable bonds is 0. The van der Waals surface area contributed by atoms with E-state index in [-0.39, 0.29) is 0 Å². The molecule has 1 aliphatic rings. The molecule has 0 aromatic carbocycles. The zero-order valence-electron chi connectivity index (χ0n) is 4.33. The van der Waals surface area contributed by atoms with Crippen molar-refractivity contribution in [1.29, 1.82) is 0 Å². The van der Waals surface area contributed by atoms with Gasteiger partial charge in [0.1, 0.15) is 0 Å². The van der Waals surface area contributed by atoms with Crippen LogP contribution in [-0.4, -0.2) is 12.2 Å². The van der Waals surface area contributed by atoms with E-state index in [1.807, 2.05) is 0 Å². The lowest BCUT2D eigenvalue weighted by atomic mass is 10.3. The van der Waals surface area contributed by atoms with Gasteiger partial charge in [-0.25, -0.2) is 0 Å². The zero-order chi connectivity index (χ0) is 7.12. The van der Waals surface area contributed by atoms with Crippen LogP contribution >= 0.6 is 0 Å². The Balaban J connectivity index is 2.58. The predicted molar refractivity (Wildman–Crippen MR) is 20.2 cm³/mol. The zero-order valence-corrected chi connectivity index (χ0v) is 4.33. The Morgan fingerprint density at radius 1 is 0.889 bits per heavy atom. The minimum atomic E-state index is -3.62. The van der Waals surface area contributed by atoms with E-state index in [1.165, 1.54) is 0 Å². The van der Waals surface area contributed by atoms with Crippen molar-refractivity contribution in [3.05, 3.63) is 0 Å². The molecule has 9 heavy (non-hydrogen) atoms. The molecular formula is C4H4F4O. The number of hydrogen-bond donors (Lipinski definition) is 0. The van der Waals surface area contributed by atoms with Crippen LogP contribution in [0.25, 0.3) is 0 Å². The first kappa shape index (κ1) is 6.80. The second-order valence-corrected chi connectivity index (χ2v) is 1.88. The molecule has 0 radical (unpaired) electrons. The summed E-state index contributed by atoms with van der Waals surface area (Å²) in [5.41, 5.74) is 0. The molecule has 1 aliphatic heterocycles. The van der Waals surface area contributed by atoms with Crippen LogP contribution in [0.3, 0.4) is 0 Å². The van der Waals surface area contributed by atoms with E-state index in [0.717, 1.165) is 0 Å². The van der Waals surface area contributed by atoms with Gasteiger partial charge in [-0.15, -0.1) is 0 Å². The van der Waals surface area contributed by atoms with Crippen LogP contribution in [0.2, 0.25) is 0 Å². The average Bonchev–Trinajstić information content (AvgIpc) is 1.78. The van der Waals surface area contributed by atoms with Gasteiger partial charge in [0.15, 0.2) is 0 Å². The van der Waals surface area contributed by atoms with E-state index < -0.39 is 25.1 Å². The topological polar surface area (TPSA) is 9.23 Å². The van der Waals surface area contributed by atoms with Gasteiger partial charge in [0, 0.05) is 12.8 Å². The summed E-state index contributed by atoms with van der Waals surface area (Å²) in [6.45, 7) is 0. The maximum Gasteiger partial charge on any atom is 0.360 e. The lowest BCUT2D eigenvalue weighted by Gasteiger charge is -2.09. The van der Waals surface area contributed by atoms with Gasteiger partial charge < -0.3 is 0 Å². The summed E-state index contributed by atoms with van der Waals surface area (Å²) in [6.07, 6.45) is -9.02. The highest BCUT2D eigenvalue weighted by Crippen LogP contribution is 2.41. The molecule has 0 N–H and O–H groups in total. The van der Waals surface area contributed by atoms with Crippen molar-refractivity contribution in [2.24, 2.45) is 0 Å². The summed E-state index contributed by atoms with van der Waals surface area (Å²) in [5, 5.41) is 0. The van der Waals surface area contributed by atoms with Crippen LogP contribution in [0.15, 0.2) is 0 Å². The molecule has 0 unspecified atom stereocenters. The fraction of sp³-hybridized carbons (Fsp3) is 1.00. The summed E-state index contributed by atoms with van der Waals surface area (Å²) >= 11 is 0. The van der Waals surface area contributed by atoms with E-state index in [1.54, 1.807) is 0 Å². The summed E-state index contributed by atoms with van der Waals surface area (Å²) in [5.74, 6) is 0. The molecule has 0 aliphatic carbocycles. The van der Waals surface area contributed by atoms with Crippen molar-refractivity contribution in [2.45, 2.75) is 25.1 Å². The fourth-order valence-electron chi connectivity index (χ4n) is 0.612. The Labute approximate surface area is 48.6 Å². The number of alkyl halides is 4. The minimum Gasteiger partial charge on any atom is -0.255 e. The molecule has 0 aromatic rings. The first-order valence-corrected chi connectivity index (χ1v) is 2.37. The third kappa shape index (κ3) is 1.54. The quantitative estimate of drug-likeness (QED) is 0.472. The SMILES string of the molecule is FC1(F)CCC(F)(F)O1. The summed E-state index contributed by atoms with van der Waals surface area (Å²) in [7, 11) is 0. The second kappa shape index (κ2) is 1.59. The van der Waals surface area contributed by atoms with Crippen LogP contribution in [0.5, 0.6) is 0 Å². The minimum absolute atomic E-state index is 0.889. The van der Waals surface area contributed by atoms with Gasteiger partial charge in [0.05, 0.1) is 0 Å². The molecule has 1 nitrogen and oxygen atoms in total. The molecule has 0 saturated carbocycles. The van der Waals surface area contributed by atoms with Gasteiger partial charge in [-0.2, -0.15) is 17.6 Å². The molecule has 1 saturated heterocycles. The highest BCUT2D eigenvalue weighted by atomic mass is 19.3. The maximum absolute atomic E-state index is 11.7. The Morgan fingerprint density at radius 3 is 1.33 bits per heavy atom. The van der Waals surface area contributed by atoms with E-state index in [0.29, 0.717) is 0 Å². The van der Waals surface area contributed by atoms with Gasteiger partial charge in [-0.1, -0.05) is 0 Å². The third-order valence-corrected chi connectivity index (χ3v) is 1.01. The van der Waals surface area contributed by atoms with Crippen molar-refractivity contribution < 1.29 is 22.3 Å². The molecule has 0 bridgehead atoms. The Kier molecular flexibility index (Phi) is 1.20. The van der Waals surface area contributed by atoms with Crippen molar-refractivity contribution in [2.75, 3.05) is 0 Å². The smallest absolute Gasteiger partial charge is 0.255 e. The van der Waals surface area contributed by atoms with Gasteiger partial charge in [0.25, 0.3) is 0 Å². The van der Waals surface area contributed by atoms with Crippen molar-refractivity contribution in [3.63, 3.8) is 0 Å². The van der Waals surface area contributed by atoms with E-state index in [4.69, 9.17) is 0 Å². The second-order valence-electron chi connectivity index (χ2n) is 1.88. The first-order chi connectivity index (χ1) is 3.91. The van der Waals surface area contributed by atoms with Gasteiger partial charge in [-0.05, 0) is 0 Å². The Morgan fingerprint density at radius 2 is 1.22 bits per heavy atom. The van der Waals surface area contributed by atoms with Crippen LogP contribution in [0.4, 0.5) is 17.6 Å². The van der Waals surface area contributed by atoms with Crippen LogP contribution < -0.4 is 0 Å². The molecule has 0 amide bonds. The van der Waals surface area contributed by atoms with E-state index in [9.17, 15) is 17.6 Å². The number of hydrogen-bond acceptors (Lipinski definition) is 1. The molecule has 0 spiro atoms. The molecule has 1 fully saturated rings. The monoisotopic (exact) mass is 144 g/mol. The van der Waals surface area contributed by atoms with Crippen LogP contribution in [0, 0.1) is 0 Å². The summed E-state index contributed by atoms with van der Waals surface area (Å²) in [4.78, 5) is 0. The van der Waals surface area contributed by atoms with Gasteiger partial charge in [0.2, 0.25) is 0 Å². The van der Waals surface area contributed by atoms with E-state index >= 15 is 0 Å². The standard InChI is InChI=1S/C4H4F4O/c5-3(6)1-2-4(7,8)9-3/h1-2H2. The van der Waals surface area contributed by atoms with Crippen molar-refractivity contribution in [3.8, 4) is 0 Å². The Bertz CT molecular complexity index is 108. The average molecular weight is 144 g/mol. The third-order valence-electron chi connectivity index (χ3n) is 1.01. The first-order valence-electron chi connectivity index (χ1n) is 2.37. The van der Waals surface area contributed by atoms with Gasteiger partial charge >= 0.3 is 12.2 Å². The summed E-state index contributed by atoms with van der Waals surface area (Å²) < 4.78 is 50.0. The van der Waals surface area contributed by atoms with Crippen molar-refractivity contribution in [1.82, 2.24) is 0 Å². The van der Waals surface area contributed by atoms with Crippen LogP contribution in [0.1, 0.15) is 12.8 Å². The molecule has 1 rings (SSSR count). The predicted octanol–water partition coefficient (Wildman–Crippen LogP) is 1.98. The molecule has 1 heterocycles. The summed E-state index contributed by atoms with van der Waals surface area (Å²) in [6, 6.07) is 0.